The Kier molecular flexibility index (Phi) is 2.42. The van der Waals surface area contributed by atoms with Gasteiger partial charge in [-0.2, -0.15) is 5.10 Å². The van der Waals surface area contributed by atoms with E-state index in [4.69, 9.17) is 0 Å². The Hall–Kier alpha value is -1.68. The highest BCUT2D eigenvalue weighted by atomic mass is 15.3. The Morgan fingerprint density at radius 1 is 1.25 bits per heavy atom. The van der Waals surface area contributed by atoms with E-state index < -0.39 is 0 Å². The summed E-state index contributed by atoms with van der Waals surface area (Å²) in [4.78, 5) is 3.94. The van der Waals surface area contributed by atoms with Gasteiger partial charge in [0.25, 0.3) is 0 Å². The molecule has 1 aliphatic rings. The molecule has 3 rings (SSSR count). The molecule has 0 amide bonds. The summed E-state index contributed by atoms with van der Waals surface area (Å²) >= 11 is 0. The number of hydrogen-bond donors (Lipinski definition) is 1. The predicted molar refractivity (Wildman–Crippen MR) is 61.3 cm³/mol. The molecule has 4 heteroatoms. The highest BCUT2D eigenvalue weighted by Gasteiger charge is 2.15. The van der Waals surface area contributed by atoms with E-state index in [1.165, 1.54) is 18.4 Å². The second-order valence-corrected chi connectivity index (χ2v) is 4.08. The SMILES string of the molecule is c1ncn(-c2ccc(C3CCCN3)cc2)n1. The molecule has 0 aliphatic carbocycles. The maximum Gasteiger partial charge on any atom is 0.138 e. The standard InChI is InChI=1S/C12H14N4/c1-2-12(14-7-1)10-3-5-11(6-4-10)16-9-13-8-15-16/h3-6,8-9,12,14H,1-2,7H2. The van der Waals surface area contributed by atoms with Crippen LogP contribution in [0.1, 0.15) is 24.4 Å². The highest BCUT2D eigenvalue weighted by molar-refractivity contribution is 5.34. The summed E-state index contributed by atoms with van der Waals surface area (Å²) in [5, 5.41) is 7.60. The van der Waals surface area contributed by atoms with Crippen LogP contribution in [0.4, 0.5) is 0 Å². The van der Waals surface area contributed by atoms with Crippen LogP contribution >= 0.6 is 0 Å². The van der Waals surface area contributed by atoms with Gasteiger partial charge in [-0.25, -0.2) is 9.67 Å². The largest absolute Gasteiger partial charge is 0.310 e. The number of aromatic nitrogens is 3. The van der Waals surface area contributed by atoms with E-state index >= 15 is 0 Å². The van der Waals surface area contributed by atoms with E-state index in [1.807, 2.05) is 0 Å². The summed E-state index contributed by atoms with van der Waals surface area (Å²) in [7, 11) is 0. The zero-order chi connectivity index (χ0) is 10.8. The molecule has 0 spiro atoms. The van der Waals surface area contributed by atoms with Gasteiger partial charge in [0.1, 0.15) is 12.7 Å². The van der Waals surface area contributed by atoms with E-state index in [1.54, 1.807) is 17.3 Å². The maximum absolute atomic E-state index is 4.10. The molecule has 1 fully saturated rings. The van der Waals surface area contributed by atoms with E-state index in [0.29, 0.717) is 6.04 Å². The van der Waals surface area contributed by atoms with Crippen LogP contribution in [0.25, 0.3) is 5.69 Å². The summed E-state index contributed by atoms with van der Waals surface area (Å²) in [6.45, 7) is 1.13. The van der Waals surface area contributed by atoms with Gasteiger partial charge in [-0.15, -0.1) is 0 Å². The van der Waals surface area contributed by atoms with Crippen molar-refractivity contribution in [1.82, 2.24) is 20.1 Å². The van der Waals surface area contributed by atoms with Crippen LogP contribution in [0.2, 0.25) is 0 Å². The van der Waals surface area contributed by atoms with Crippen molar-refractivity contribution in [1.29, 1.82) is 0 Å². The summed E-state index contributed by atoms with van der Waals surface area (Å²) in [6, 6.07) is 9.04. The van der Waals surface area contributed by atoms with Crippen LogP contribution in [0, 0.1) is 0 Å². The third-order valence-corrected chi connectivity index (χ3v) is 3.04. The van der Waals surface area contributed by atoms with Gasteiger partial charge in [0.2, 0.25) is 0 Å². The molecule has 0 bridgehead atoms. The summed E-state index contributed by atoms with van der Waals surface area (Å²) in [5.74, 6) is 0. The van der Waals surface area contributed by atoms with Crippen LogP contribution in [0.5, 0.6) is 0 Å². The molecule has 82 valence electrons. The number of hydrogen-bond acceptors (Lipinski definition) is 3. The molecule has 1 unspecified atom stereocenters. The van der Waals surface area contributed by atoms with Crippen molar-refractivity contribution in [2.24, 2.45) is 0 Å². The first-order valence-corrected chi connectivity index (χ1v) is 5.62. The number of nitrogens with one attached hydrogen (secondary N) is 1. The van der Waals surface area contributed by atoms with Crippen LogP contribution in [-0.4, -0.2) is 21.3 Å². The van der Waals surface area contributed by atoms with Gasteiger partial charge in [-0.05, 0) is 37.1 Å². The van der Waals surface area contributed by atoms with Gasteiger partial charge in [0.05, 0.1) is 5.69 Å². The van der Waals surface area contributed by atoms with Crippen molar-refractivity contribution in [2.75, 3.05) is 6.54 Å². The van der Waals surface area contributed by atoms with Gasteiger partial charge >= 0.3 is 0 Å². The van der Waals surface area contributed by atoms with E-state index in [0.717, 1.165) is 12.2 Å². The first-order valence-electron chi connectivity index (χ1n) is 5.62. The second-order valence-electron chi connectivity index (χ2n) is 4.08. The highest BCUT2D eigenvalue weighted by Crippen LogP contribution is 2.23. The predicted octanol–water partition coefficient (Wildman–Crippen LogP) is 1.69. The van der Waals surface area contributed by atoms with Gasteiger partial charge in [-0.3, -0.25) is 0 Å². The topological polar surface area (TPSA) is 42.7 Å². The summed E-state index contributed by atoms with van der Waals surface area (Å²) in [5.41, 5.74) is 2.42. The Labute approximate surface area is 94.3 Å². The zero-order valence-electron chi connectivity index (χ0n) is 9.00. The molecule has 2 aromatic rings. The fourth-order valence-corrected chi connectivity index (χ4v) is 2.17. The normalized spacial score (nSPS) is 20.1. The minimum absolute atomic E-state index is 0.532. The average molecular weight is 214 g/mol. The van der Waals surface area contributed by atoms with Crippen LogP contribution < -0.4 is 5.32 Å². The third-order valence-electron chi connectivity index (χ3n) is 3.04. The molecule has 16 heavy (non-hydrogen) atoms. The summed E-state index contributed by atoms with van der Waals surface area (Å²) in [6.07, 6.45) is 5.77. The molecule has 0 radical (unpaired) electrons. The molecule has 1 saturated heterocycles. The molecular formula is C12H14N4. The number of nitrogens with zero attached hydrogens (tertiary/aromatic N) is 3. The fraction of sp³-hybridized carbons (Fsp3) is 0.333. The number of benzene rings is 1. The molecule has 2 heterocycles. The van der Waals surface area contributed by atoms with Gasteiger partial charge < -0.3 is 5.32 Å². The van der Waals surface area contributed by atoms with Crippen LogP contribution in [-0.2, 0) is 0 Å². The molecule has 0 saturated carbocycles. The number of rotatable bonds is 2. The minimum Gasteiger partial charge on any atom is -0.310 e. The van der Waals surface area contributed by atoms with Gasteiger partial charge in [-0.1, -0.05) is 12.1 Å². The van der Waals surface area contributed by atoms with Gasteiger partial charge in [0, 0.05) is 6.04 Å². The average Bonchev–Trinajstić information content (AvgIpc) is 3.03. The van der Waals surface area contributed by atoms with Crippen LogP contribution in [0.3, 0.4) is 0 Å². The lowest BCUT2D eigenvalue weighted by Gasteiger charge is -2.10. The van der Waals surface area contributed by atoms with Crippen molar-refractivity contribution in [2.45, 2.75) is 18.9 Å². The van der Waals surface area contributed by atoms with E-state index in [9.17, 15) is 0 Å². The lowest BCUT2D eigenvalue weighted by atomic mass is 10.1. The van der Waals surface area contributed by atoms with E-state index in [-0.39, 0.29) is 0 Å². The lowest BCUT2D eigenvalue weighted by molar-refractivity contribution is 0.647. The Morgan fingerprint density at radius 2 is 2.12 bits per heavy atom. The molecule has 1 aromatic heterocycles. The van der Waals surface area contributed by atoms with Crippen molar-refractivity contribution >= 4 is 0 Å². The minimum atomic E-state index is 0.532. The first kappa shape index (κ1) is 9.54. The van der Waals surface area contributed by atoms with Crippen LogP contribution in [0.15, 0.2) is 36.9 Å². The van der Waals surface area contributed by atoms with Crippen molar-refractivity contribution < 1.29 is 0 Å². The fourth-order valence-electron chi connectivity index (χ4n) is 2.17. The summed E-state index contributed by atoms with van der Waals surface area (Å²) < 4.78 is 1.77. The Morgan fingerprint density at radius 3 is 2.75 bits per heavy atom. The second kappa shape index (κ2) is 4.06. The molecule has 1 atom stereocenters. The zero-order valence-corrected chi connectivity index (χ0v) is 9.00. The molecule has 1 N–H and O–H groups in total. The van der Waals surface area contributed by atoms with E-state index in [2.05, 4.69) is 39.7 Å². The first-order chi connectivity index (χ1) is 7.93. The molecule has 1 aliphatic heterocycles. The molecule has 1 aromatic carbocycles. The molecular weight excluding hydrogens is 200 g/mol. The van der Waals surface area contributed by atoms with Crippen molar-refractivity contribution in [3.05, 3.63) is 42.5 Å². The quantitative estimate of drug-likeness (QED) is 0.827. The monoisotopic (exact) mass is 214 g/mol. The Bertz CT molecular complexity index is 440. The maximum atomic E-state index is 4.10. The van der Waals surface area contributed by atoms with Crippen molar-refractivity contribution in [3.63, 3.8) is 0 Å². The smallest absolute Gasteiger partial charge is 0.138 e. The third kappa shape index (κ3) is 1.72. The molecule has 4 nitrogen and oxygen atoms in total. The lowest BCUT2D eigenvalue weighted by Crippen LogP contribution is -2.12. The van der Waals surface area contributed by atoms with Crippen molar-refractivity contribution in [3.8, 4) is 5.69 Å². The van der Waals surface area contributed by atoms with Gasteiger partial charge in [0.15, 0.2) is 0 Å². The Balaban J connectivity index is 1.84.